The number of rotatable bonds is 3. The Bertz CT molecular complexity index is 1380. The third kappa shape index (κ3) is 2.67. The summed E-state index contributed by atoms with van der Waals surface area (Å²) in [6.45, 7) is 2.32. The van der Waals surface area contributed by atoms with E-state index >= 15 is 0 Å². The number of hydrogen-bond donors (Lipinski definition) is 2. The second-order valence-electron chi connectivity index (χ2n) is 8.22. The molecule has 1 aliphatic heterocycles. The van der Waals surface area contributed by atoms with Gasteiger partial charge in [0.05, 0.1) is 0 Å². The third-order valence-corrected chi connectivity index (χ3v) is 6.65. The second kappa shape index (κ2) is 6.71. The van der Waals surface area contributed by atoms with Gasteiger partial charge in [0.15, 0.2) is 0 Å². The summed E-state index contributed by atoms with van der Waals surface area (Å²) in [5.41, 5.74) is 8.48. The van der Waals surface area contributed by atoms with Crippen LogP contribution >= 0.6 is 11.6 Å². The summed E-state index contributed by atoms with van der Waals surface area (Å²) in [6.07, 6.45) is 11.1. The van der Waals surface area contributed by atoms with E-state index in [0.717, 1.165) is 23.6 Å². The zero-order valence-corrected chi connectivity index (χ0v) is 17.6. The average Bonchev–Trinajstić information content (AvgIpc) is 3.54. The Labute approximate surface area is 180 Å². The van der Waals surface area contributed by atoms with E-state index in [1.807, 2.05) is 12.1 Å². The topological polar surface area (TPSA) is 39.8 Å². The first-order valence-corrected chi connectivity index (χ1v) is 10.8. The van der Waals surface area contributed by atoms with Crippen LogP contribution in [0.4, 0.5) is 5.69 Å². The molecule has 3 aromatic heterocycles. The van der Waals surface area contributed by atoms with Crippen molar-refractivity contribution in [1.82, 2.24) is 14.5 Å². The van der Waals surface area contributed by atoms with Crippen molar-refractivity contribution in [3.05, 3.63) is 66.2 Å². The van der Waals surface area contributed by atoms with Crippen LogP contribution in [0, 0.1) is 0 Å². The largest absolute Gasteiger partial charge is 0.371 e. The number of anilines is 1. The van der Waals surface area contributed by atoms with Gasteiger partial charge in [0.25, 0.3) is 0 Å². The fraction of sp³-hybridized carbons (Fsp3) is 0.200. The van der Waals surface area contributed by atoms with Crippen LogP contribution in [-0.4, -0.2) is 27.6 Å². The Morgan fingerprint density at radius 2 is 1.60 bits per heavy atom. The van der Waals surface area contributed by atoms with Crippen molar-refractivity contribution in [2.45, 2.75) is 12.8 Å². The minimum atomic E-state index is 0.759. The van der Waals surface area contributed by atoms with Crippen LogP contribution in [0.3, 0.4) is 0 Å². The highest BCUT2D eigenvalue weighted by Gasteiger charge is 2.18. The van der Waals surface area contributed by atoms with Gasteiger partial charge in [-0.3, -0.25) is 0 Å². The number of hydrogen-bond acceptors (Lipinski definition) is 1. The molecule has 5 aromatic rings. The van der Waals surface area contributed by atoms with Crippen LogP contribution < -0.4 is 4.90 Å². The quantitative estimate of drug-likeness (QED) is 0.344. The van der Waals surface area contributed by atoms with Crippen LogP contribution in [0.15, 0.2) is 61.2 Å². The van der Waals surface area contributed by atoms with Crippen molar-refractivity contribution in [2.24, 2.45) is 7.05 Å². The lowest BCUT2D eigenvalue weighted by Gasteiger charge is -2.17. The monoisotopic (exact) mass is 414 g/mol. The minimum absolute atomic E-state index is 0.759. The van der Waals surface area contributed by atoms with Gasteiger partial charge in [-0.1, -0.05) is 23.7 Å². The van der Waals surface area contributed by atoms with Gasteiger partial charge >= 0.3 is 0 Å². The van der Waals surface area contributed by atoms with Crippen molar-refractivity contribution < 1.29 is 0 Å². The van der Waals surface area contributed by atoms with Gasteiger partial charge in [-0.05, 0) is 37.1 Å². The summed E-state index contributed by atoms with van der Waals surface area (Å²) in [5.74, 6) is 0. The fourth-order valence-corrected chi connectivity index (χ4v) is 5.06. The maximum absolute atomic E-state index is 6.24. The highest BCUT2D eigenvalue weighted by molar-refractivity contribution is 6.31. The van der Waals surface area contributed by atoms with Gasteiger partial charge in [0.2, 0.25) is 0 Å². The van der Waals surface area contributed by atoms with E-state index in [0.29, 0.717) is 0 Å². The minimum Gasteiger partial charge on any atom is -0.371 e. The molecule has 0 saturated carbocycles. The molecular weight excluding hydrogens is 392 g/mol. The molecule has 4 heterocycles. The molecule has 6 rings (SSSR count). The Hall–Kier alpha value is -3.11. The van der Waals surface area contributed by atoms with Crippen LogP contribution in [0.5, 0.6) is 0 Å². The number of aromatic nitrogens is 3. The number of H-pyrrole nitrogens is 2. The predicted molar refractivity (Wildman–Crippen MR) is 126 cm³/mol. The molecule has 0 aliphatic carbocycles. The van der Waals surface area contributed by atoms with E-state index in [-0.39, 0.29) is 0 Å². The van der Waals surface area contributed by atoms with Crippen molar-refractivity contribution in [3.63, 3.8) is 0 Å². The smallest absolute Gasteiger partial charge is 0.0499 e. The molecule has 0 bridgehead atoms. The SMILES string of the molecule is Cn1cc(-c2c[nH]cc2-c2c[nH]c3cc(N4CCCC4)ccc23)c2ccc(Cl)cc21. The Kier molecular flexibility index (Phi) is 3.96. The predicted octanol–water partition coefficient (Wildman–Crippen LogP) is 6.58. The maximum Gasteiger partial charge on any atom is 0.0499 e. The molecule has 0 spiro atoms. The molecule has 0 radical (unpaired) electrons. The zero-order chi connectivity index (χ0) is 20.2. The number of aryl methyl sites for hydroxylation is 1. The zero-order valence-electron chi connectivity index (χ0n) is 16.9. The second-order valence-corrected chi connectivity index (χ2v) is 8.66. The molecule has 5 heteroatoms. The maximum atomic E-state index is 6.24. The molecular formula is C25H23ClN4. The van der Waals surface area contributed by atoms with E-state index in [9.17, 15) is 0 Å². The molecule has 30 heavy (non-hydrogen) atoms. The van der Waals surface area contributed by atoms with Gasteiger partial charge in [-0.25, -0.2) is 0 Å². The van der Waals surface area contributed by atoms with E-state index in [2.05, 4.69) is 75.5 Å². The van der Waals surface area contributed by atoms with Crippen molar-refractivity contribution in [1.29, 1.82) is 0 Å². The molecule has 2 N–H and O–H groups in total. The first-order valence-electron chi connectivity index (χ1n) is 10.5. The van der Waals surface area contributed by atoms with Gasteiger partial charge in [0, 0.05) is 99.7 Å². The number of halogens is 1. The van der Waals surface area contributed by atoms with Crippen LogP contribution in [-0.2, 0) is 7.05 Å². The lowest BCUT2D eigenvalue weighted by atomic mass is 9.98. The number of benzene rings is 2. The highest BCUT2D eigenvalue weighted by Crippen LogP contribution is 2.40. The van der Waals surface area contributed by atoms with E-state index in [1.165, 1.54) is 57.1 Å². The number of nitrogens with zero attached hydrogens (tertiary/aromatic N) is 2. The number of aromatic amines is 2. The fourth-order valence-electron chi connectivity index (χ4n) is 4.89. The van der Waals surface area contributed by atoms with E-state index in [4.69, 9.17) is 11.6 Å². The summed E-state index contributed by atoms with van der Waals surface area (Å²) in [4.78, 5) is 9.31. The summed E-state index contributed by atoms with van der Waals surface area (Å²) in [5, 5.41) is 3.22. The van der Waals surface area contributed by atoms with Crippen LogP contribution in [0.2, 0.25) is 5.02 Å². The van der Waals surface area contributed by atoms with Crippen molar-refractivity contribution in [2.75, 3.05) is 18.0 Å². The summed E-state index contributed by atoms with van der Waals surface area (Å²) < 4.78 is 2.14. The first kappa shape index (κ1) is 17.7. The summed E-state index contributed by atoms with van der Waals surface area (Å²) in [6, 6.07) is 12.9. The Morgan fingerprint density at radius 1 is 0.833 bits per heavy atom. The van der Waals surface area contributed by atoms with Crippen LogP contribution in [0.25, 0.3) is 44.1 Å². The first-order chi connectivity index (χ1) is 14.7. The third-order valence-electron chi connectivity index (χ3n) is 6.42. The average molecular weight is 415 g/mol. The summed E-state index contributed by atoms with van der Waals surface area (Å²) >= 11 is 6.24. The molecule has 1 saturated heterocycles. The lowest BCUT2D eigenvalue weighted by Crippen LogP contribution is -2.17. The van der Waals surface area contributed by atoms with Crippen LogP contribution in [0.1, 0.15) is 12.8 Å². The molecule has 0 unspecified atom stereocenters. The lowest BCUT2D eigenvalue weighted by molar-refractivity contribution is 0.949. The summed E-state index contributed by atoms with van der Waals surface area (Å²) in [7, 11) is 2.07. The van der Waals surface area contributed by atoms with Gasteiger partial charge in [-0.15, -0.1) is 0 Å². The van der Waals surface area contributed by atoms with Crippen molar-refractivity contribution in [3.8, 4) is 22.3 Å². The molecule has 4 nitrogen and oxygen atoms in total. The molecule has 2 aromatic carbocycles. The van der Waals surface area contributed by atoms with E-state index < -0.39 is 0 Å². The molecule has 1 fully saturated rings. The van der Waals surface area contributed by atoms with E-state index in [1.54, 1.807) is 0 Å². The van der Waals surface area contributed by atoms with Gasteiger partial charge in [-0.2, -0.15) is 0 Å². The molecule has 0 amide bonds. The molecule has 150 valence electrons. The number of fused-ring (bicyclic) bond motifs is 2. The van der Waals surface area contributed by atoms with Gasteiger partial charge in [0.1, 0.15) is 0 Å². The molecule has 0 atom stereocenters. The molecule has 1 aliphatic rings. The number of nitrogens with one attached hydrogen (secondary N) is 2. The Morgan fingerprint density at radius 3 is 2.43 bits per heavy atom. The van der Waals surface area contributed by atoms with Gasteiger partial charge < -0.3 is 19.4 Å². The van der Waals surface area contributed by atoms with Crippen molar-refractivity contribution >= 4 is 39.1 Å². The Balaban J connectivity index is 1.48. The normalized spacial score (nSPS) is 14.4. The standard InChI is InChI=1S/C25H23ClN4/c1-29-15-23(19-6-4-16(26)10-25(19)29)21-13-27-12-20(21)22-14-28-24-11-17(5-7-18(22)24)30-8-2-3-9-30/h4-7,10-15,27-28H,2-3,8-9H2,1H3. The highest BCUT2D eigenvalue weighted by atomic mass is 35.5.